The van der Waals surface area contributed by atoms with Crippen LogP contribution in [0.4, 0.5) is 0 Å². The molecule has 2 rings (SSSR count). The molecule has 1 atom stereocenters. The van der Waals surface area contributed by atoms with Gasteiger partial charge < -0.3 is 10.1 Å². The highest BCUT2D eigenvalue weighted by Gasteiger charge is 2.27. The Hall–Kier alpha value is -2.33. The van der Waals surface area contributed by atoms with E-state index in [1.54, 1.807) is 36.4 Å². The van der Waals surface area contributed by atoms with E-state index >= 15 is 0 Å². The summed E-state index contributed by atoms with van der Waals surface area (Å²) >= 11 is 6.03. The van der Waals surface area contributed by atoms with Crippen LogP contribution in [0.3, 0.4) is 0 Å². The molecule has 126 valence electrons. The minimum atomic E-state index is -0.768. The fourth-order valence-corrected chi connectivity index (χ4v) is 2.37. The summed E-state index contributed by atoms with van der Waals surface area (Å²) in [4.78, 5) is 24.8. The Labute approximate surface area is 146 Å². The van der Waals surface area contributed by atoms with Crippen LogP contribution in [0.15, 0.2) is 48.5 Å². The first-order chi connectivity index (χ1) is 11.4. The second kappa shape index (κ2) is 7.97. The first-order valence-corrected chi connectivity index (χ1v) is 8.10. The molecule has 1 N–H and O–H groups in total. The zero-order chi connectivity index (χ0) is 17.7. The fraction of sp³-hybridized carbons (Fsp3) is 0.263. The van der Waals surface area contributed by atoms with Crippen LogP contribution >= 0.6 is 11.6 Å². The van der Waals surface area contributed by atoms with Crippen molar-refractivity contribution < 1.29 is 14.3 Å². The highest BCUT2D eigenvalue weighted by molar-refractivity contribution is 6.33. The van der Waals surface area contributed by atoms with Crippen molar-refractivity contribution in [3.63, 3.8) is 0 Å². The normalized spacial score (nSPS) is 11.9. The van der Waals surface area contributed by atoms with E-state index in [4.69, 9.17) is 16.3 Å². The second-order valence-corrected chi connectivity index (χ2v) is 6.32. The summed E-state index contributed by atoms with van der Waals surface area (Å²) in [5, 5.41) is 3.04. The molecule has 2 aromatic rings. The number of amides is 1. The monoisotopic (exact) mass is 345 g/mol. The summed E-state index contributed by atoms with van der Waals surface area (Å²) in [6.45, 7) is 5.63. The predicted molar refractivity (Wildman–Crippen MR) is 94.4 cm³/mol. The average Bonchev–Trinajstić information content (AvgIpc) is 2.54. The van der Waals surface area contributed by atoms with Crippen molar-refractivity contribution >= 4 is 23.5 Å². The van der Waals surface area contributed by atoms with Crippen molar-refractivity contribution in [2.45, 2.75) is 26.8 Å². The number of hydrogen-bond acceptors (Lipinski definition) is 3. The molecule has 0 spiro atoms. The zero-order valence-electron chi connectivity index (χ0n) is 13.9. The van der Waals surface area contributed by atoms with E-state index in [1.165, 1.54) is 0 Å². The molecule has 0 radical (unpaired) electrons. The van der Waals surface area contributed by atoms with Crippen molar-refractivity contribution in [2.75, 3.05) is 0 Å². The van der Waals surface area contributed by atoms with Gasteiger partial charge in [0.1, 0.15) is 11.8 Å². The molecule has 0 bridgehead atoms. The maximum Gasteiger partial charge on any atom is 0.334 e. The Morgan fingerprint density at radius 3 is 2.25 bits per heavy atom. The zero-order valence-corrected chi connectivity index (χ0v) is 14.6. The third-order valence-electron chi connectivity index (χ3n) is 3.57. The lowest BCUT2D eigenvalue weighted by molar-refractivity contribution is -0.137. The number of rotatable bonds is 5. The summed E-state index contributed by atoms with van der Waals surface area (Å²) in [6, 6.07) is 13.1. The highest BCUT2D eigenvalue weighted by Crippen LogP contribution is 2.17. The van der Waals surface area contributed by atoms with Crippen LogP contribution in [0.5, 0.6) is 5.75 Å². The Morgan fingerprint density at radius 1 is 1.04 bits per heavy atom. The minimum absolute atomic E-state index is 0.130. The van der Waals surface area contributed by atoms with Crippen LogP contribution < -0.4 is 10.1 Å². The number of nitrogens with one attached hydrogen (secondary N) is 1. The lowest BCUT2D eigenvalue weighted by Gasteiger charge is -2.21. The molecule has 1 unspecified atom stereocenters. The van der Waals surface area contributed by atoms with Crippen molar-refractivity contribution in [1.29, 1.82) is 0 Å². The molecule has 0 aliphatic carbocycles. The molecule has 2 aromatic carbocycles. The molecule has 0 saturated carbocycles. The largest absolute Gasteiger partial charge is 0.425 e. The van der Waals surface area contributed by atoms with Gasteiger partial charge in [-0.3, -0.25) is 4.79 Å². The number of hydrogen-bond donors (Lipinski definition) is 1. The van der Waals surface area contributed by atoms with Crippen LogP contribution in [0.25, 0.3) is 0 Å². The van der Waals surface area contributed by atoms with Gasteiger partial charge in [0.15, 0.2) is 0 Å². The van der Waals surface area contributed by atoms with E-state index < -0.39 is 17.9 Å². The molecule has 1 amide bonds. The molecule has 0 aliphatic rings. The van der Waals surface area contributed by atoms with Gasteiger partial charge in [0.2, 0.25) is 0 Å². The van der Waals surface area contributed by atoms with E-state index in [1.807, 2.05) is 32.9 Å². The molecular formula is C19H20ClNO3. The van der Waals surface area contributed by atoms with Crippen LogP contribution in [0, 0.1) is 12.8 Å². The molecule has 0 saturated heterocycles. The average molecular weight is 346 g/mol. The van der Waals surface area contributed by atoms with Crippen LogP contribution in [0.2, 0.25) is 5.02 Å². The van der Waals surface area contributed by atoms with Gasteiger partial charge in [-0.05, 0) is 37.1 Å². The molecule has 24 heavy (non-hydrogen) atoms. The maximum atomic E-state index is 12.4. The molecule has 0 aliphatic heterocycles. The van der Waals surface area contributed by atoms with Gasteiger partial charge in [0.05, 0.1) is 10.6 Å². The summed E-state index contributed by atoms with van der Waals surface area (Å²) in [6.07, 6.45) is 0. The van der Waals surface area contributed by atoms with Crippen molar-refractivity contribution in [2.24, 2.45) is 5.92 Å². The standard InChI is InChI=1S/C19H20ClNO3/c1-12(2)17(19(23)24-14-10-8-13(3)9-11-14)21-18(22)15-6-4-5-7-16(15)20/h4-12,17H,1-3H3,(H,21,22). The Balaban J connectivity index is 2.11. The lowest BCUT2D eigenvalue weighted by Crippen LogP contribution is -2.46. The third kappa shape index (κ3) is 4.59. The summed E-state index contributed by atoms with van der Waals surface area (Å²) < 4.78 is 5.37. The van der Waals surface area contributed by atoms with Crippen molar-refractivity contribution in [3.8, 4) is 5.75 Å². The number of carbonyl (C=O) groups excluding carboxylic acids is 2. The smallest absolute Gasteiger partial charge is 0.334 e. The van der Waals surface area contributed by atoms with Gasteiger partial charge in [-0.2, -0.15) is 0 Å². The number of ether oxygens (including phenoxy) is 1. The van der Waals surface area contributed by atoms with Gasteiger partial charge in [0.25, 0.3) is 5.91 Å². The molecule has 5 heteroatoms. The number of esters is 1. The van der Waals surface area contributed by atoms with E-state index in [0.717, 1.165) is 5.56 Å². The Kier molecular flexibility index (Phi) is 5.99. The summed E-state index contributed by atoms with van der Waals surface area (Å²) in [5.41, 5.74) is 1.40. The Bertz CT molecular complexity index is 726. The molecule has 0 fully saturated rings. The topological polar surface area (TPSA) is 55.4 Å². The van der Waals surface area contributed by atoms with Gasteiger partial charge in [-0.15, -0.1) is 0 Å². The van der Waals surface area contributed by atoms with Crippen molar-refractivity contribution in [3.05, 3.63) is 64.7 Å². The quantitative estimate of drug-likeness (QED) is 0.658. The van der Waals surface area contributed by atoms with E-state index in [2.05, 4.69) is 5.32 Å². The highest BCUT2D eigenvalue weighted by atomic mass is 35.5. The third-order valence-corrected chi connectivity index (χ3v) is 3.89. The summed E-state index contributed by atoms with van der Waals surface area (Å²) in [7, 11) is 0. The van der Waals surface area contributed by atoms with Gasteiger partial charge in [-0.25, -0.2) is 4.79 Å². The predicted octanol–water partition coefficient (Wildman–Crippen LogP) is 4.01. The number of halogens is 1. The fourth-order valence-electron chi connectivity index (χ4n) is 2.15. The van der Waals surface area contributed by atoms with E-state index in [-0.39, 0.29) is 5.92 Å². The summed E-state index contributed by atoms with van der Waals surface area (Å²) in [5.74, 6) is -0.591. The molecule has 4 nitrogen and oxygen atoms in total. The van der Waals surface area contributed by atoms with E-state index in [9.17, 15) is 9.59 Å². The molecule has 0 aromatic heterocycles. The Morgan fingerprint density at radius 2 is 1.67 bits per heavy atom. The lowest BCUT2D eigenvalue weighted by atomic mass is 10.0. The number of benzene rings is 2. The number of carbonyl (C=O) groups is 2. The van der Waals surface area contributed by atoms with Gasteiger partial charge in [-0.1, -0.05) is 55.3 Å². The molecular weight excluding hydrogens is 326 g/mol. The van der Waals surface area contributed by atoms with Crippen LogP contribution in [-0.2, 0) is 4.79 Å². The van der Waals surface area contributed by atoms with Crippen LogP contribution in [-0.4, -0.2) is 17.9 Å². The van der Waals surface area contributed by atoms with Gasteiger partial charge >= 0.3 is 5.97 Å². The maximum absolute atomic E-state index is 12.4. The van der Waals surface area contributed by atoms with Crippen molar-refractivity contribution in [1.82, 2.24) is 5.32 Å². The van der Waals surface area contributed by atoms with Gasteiger partial charge in [0, 0.05) is 0 Å². The van der Waals surface area contributed by atoms with E-state index in [0.29, 0.717) is 16.3 Å². The minimum Gasteiger partial charge on any atom is -0.425 e. The number of aryl methyl sites for hydroxylation is 1. The second-order valence-electron chi connectivity index (χ2n) is 5.91. The SMILES string of the molecule is Cc1ccc(OC(=O)C(NC(=O)c2ccccc2Cl)C(C)C)cc1. The first-order valence-electron chi connectivity index (χ1n) is 7.72. The first kappa shape index (κ1) is 18.0. The van der Waals surface area contributed by atoms with Crippen LogP contribution in [0.1, 0.15) is 29.8 Å². The molecule has 0 heterocycles.